The molecule has 0 aromatic heterocycles. The van der Waals surface area contributed by atoms with Crippen LogP contribution in [-0.4, -0.2) is 13.6 Å². The van der Waals surface area contributed by atoms with Crippen LogP contribution in [0.3, 0.4) is 0 Å². The zero-order valence-electron chi connectivity index (χ0n) is 10.2. The fourth-order valence-corrected chi connectivity index (χ4v) is 1.72. The number of rotatable bonds is 4. The lowest BCUT2D eigenvalue weighted by molar-refractivity contribution is 0.808. The summed E-state index contributed by atoms with van der Waals surface area (Å²) >= 11 is 0. The van der Waals surface area contributed by atoms with Crippen molar-refractivity contribution < 1.29 is 0 Å². The largest absolute Gasteiger partial charge is 0.319 e. The fraction of sp³-hybridized carbons (Fsp3) is 0.429. The van der Waals surface area contributed by atoms with Crippen LogP contribution in [0.4, 0.5) is 0 Å². The molecule has 0 aliphatic carbocycles. The highest BCUT2D eigenvalue weighted by molar-refractivity contribution is 5.67. The molecule has 1 aromatic carbocycles. The van der Waals surface area contributed by atoms with Crippen LogP contribution in [0.15, 0.2) is 24.3 Å². The number of hydrogen-bond acceptors (Lipinski definition) is 1. The van der Waals surface area contributed by atoms with E-state index in [9.17, 15) is 0 Å². The van der Waals surface area contributed by atoms with Gasteiger partial charge in [-0.3, -0.25) is 0 Å². The topological polar surface area (TPSA) is 12.0 Å². The van der Waals surface area contributed by atoms with Crippen molar-refractivity contribution in [3.8, 4) is 0 Å². The van der Waals surface area contributed by atoms with Crippen molar-refractivity contribution in [1.82, 2.24) is 5.32 Å². The molecule has 1 nitrogen and oxygen atoms in total. The third-order valence-corrected chi connectivity index (χ3v) is 2.87. The molecular weight excluding hydrogens is 182 g/mol. The summed E-state index contributed by atoms with van der Waals surface area (Å²) in [5.41, 5.74) is 5.53. The average Bonchev–Trinajstić information content (AvgIpc) is 2.22. The molecule has 0 radical (unpaired) electrons. The van der Waals surface area contributed by atoms with Crippen LogP contribution in [0, 0.1) is 13.8 Å². The lowest BCUT2D eigenvalue weighted by Crippen LogP contribution is -2.06. The first kappa shape index (κ1) is 12.0. The molecule has 0 aliphatic rings. The molecule has 0 amide bonds. The molecule has 1 heteroatoms. The second kappa shape index (κ2) is 5.72. The van der Waals surface area contributed by atoms with E-state index in [1.807, 2.05) is 7.05 Å². The fourth-order valence-electron chi connectivity index (χ4n) is 1.72. The molecule has 82 valence electrons. The van der Waals surface area contributed by atoms with Crippen LogP contribution < -0.4 is 5.32 Å². The number of hydrogen-bond donors (Lipinski definition) is 1. The molecule has 0 bridgehead atoms. The molecule has 0 fully saturated rings. The standard InChI is InChI=1S/C14H21N/c1-11-7-5-9-14(13(11)3)12(2)8-6-10-15-4/h5,7-9,15H,6,10H2,1-4H3. The summed E-state index contributed by atoms with van der Waals surface area (Å²) in [6.45, 7) is 7.60. The summed E-state index contributed by atoms with van der Waals surface area (Å²) in [7, 11) is 1.99. The molecule has 0 atom stereocenters. The summed E-state index contributed by atoms with van der Waals surface area (Å²) in [6, 6.07) is 6.50. The van der Waals surface area contributed by atoms with Gasteiger partial charge in [0.1, 0.15) is 0 Å². The van der Waals surface area contributed by atoms with E-state index < -0.39 is 0 Å². The van der Waals surface area contributed by atoms with Crippen molar-refractivity contribution in [3.63, 3.8) is 0 Å². The highest BCUT2D eigenvalue weighted by Gasteiger charge is 2.01. The van der Waals surface area contributed by atoms with Gasteiger partial charge in [0.2, 0.25) is 0 Å². The van der Waals surface area contributed by atoms with E-state index in [4.69, 9.17) is 0 Å². The van der Waals surface area contributed by atoms with Gasteiger partial charge in [-0.05, 0) is 63.0 Å². The quantitative estimate of drug-likeness (QED) is 0.740. The molecule has 0 spiro atoms. The predicted octanol–water partition coefficient (Wildman–Crippen LogP) is 3.32. The molecule has 0 saturated carbocycles. The molecule has 0 saturated heterocycles. The Morgan fingerprint density at radius 3 is 2.73 bits per heavy atom. The smallest absolute Gasteiger partial charge is 0.00171 e. The Morgan fingerprint density at radius 2 is 2.07 bits per heavy atom. The average molecular weight is 203 g/mol. The number of nitrogens with one attached hydrogen (secondary N) is 1. The van der Waals surface area contributed by atoms with E-state index in [0.717, 1.165) is 13.0 Å². The lowest BCUT2D eigenvalue weighted by Gasteiger charge is -2.09. The predicted molar refractivity (Wildman–Crippen MR) is 68.1 cm³/mol. The van der Waals surface area contributed by atoms with Crippen LogP contribution >= 0.6 is 0 Å². The Labute approximate surface area is 93.2 Å². The van der Waals surface area contributed by atoms with Gasteiger partial charge in [-0.15, -0.1) is 0 Å². The minimum atomic E-state index is 1.04. The van der Waals surface area contributed by atoms with Gasteiger partial charge in [-0.1, -0.05) is 24.3 Å². The summed E-state index contributed by atoms with van der Waals surface area (Å²) in [5, 5.41) is 3.16. The van der Waals surface area contributed by atoms with Gasteiger partial charge < -0.3 is 5.32 Å². The Bertz CT molecular complexity index is 350. The first-order chi connectivity index (χ1) is 7.16. The van der Waals surface area contributed by atoms with E-state index in [-0.39, 0.29) is 0 Å². The molecule has 1 rings (SSSR count). The Morgan fingerprint density at radius 1 is 1.33 bits per heavy atom. The van der Waals surface area contributed by atoms with Crippen molar-refractivity contribution in [1.29, 1.82) is 0 Å². The summed E-state index contributed by atoms with van der Waals surface area (Å²) < 4.78 is 0. The second-order valence-electron chi connectivity index (χ2n) is 4.03. The van der Waals surface area contributed by atoms with Crippen LogP contribution in [0.1, 0.15) is 30.0 Å². The first-order valence-electron chi connectivity index (χ1n) is 5.54. The van der Waals surface area contributed by atoms with Crippen molar-refractivity contribution in [2.24, 2.45) is 0 Å². The van der Waals surface area contributed by atoms with Gasteiger partial charge in [0, 0.05) is 0 Å². The minimum absolute atomic E-state index is 1.04. The lowest BCUT2D eigenvalue weighted by atomic mass is 9.97. The summed E-state index contributed by atoms with van der Waals surface area (Å²) in [4.78, 5) is 0. The van der Waals surface area contributed by atoms with Gasteiger partial charge in [-0.25, -0.2) is 0 Å². The van der Waals surface area contributed by atoms with Crippen LogP contribution in [0.2, 0.25) is 0 Å². The molecular formula is C14H21N. The van der Waals surface area contributed by atoms with Gasteiger partial charge >= 0.3 is 0 Å². The van der Waals surface area contributed by atoms with E-state index in [1.165, 1.54) is 22.3 Å². The monoisotopic (exact) mass is 203 g/mol. The number of aryl methyl sites for hydroxylation is 1. The molecule has 0 heterocycles. The SMILES string of the molecule is CNCCC=C(C)c1cccc(C)c1C. The number of allylic oxidation sites excluding steroid dienone is 1. The molecule has 0 aliphatic heterocycles. The van der Waals surface area contributed by atoms with Crippen molar-refractivity contribution in [2.45, 2.75) is 27.2 Å². The van der Waals surface area contributed by atoms with Crippen molar-refractivity contribution >= 4 is 5.57 Å². The zero-order chi connectivity index (χ0) is 11.3. The Balaban J connectivity index is 2.86. The van der Waals surface area contributed by atoms with Gasteiger partial charge in [-0.2, -0.15) is 0 Å². The van der Waals surface area contributed by atoms with E-state index in [2.05, 4.69) is 50.4 Å². The van der Waals surface area contributed by atoms with E-state index >= 15 is 0 Å². The normalized spacial score (nSPS) is 11.9. The van der Waals surface area contributed by atoms with E-state index in [0.29, 0.717) is 0 Å². The van der Waals surface area contributed by atoms with Gasteiger partial charge in [0.15, 0.2) is 0 Å². The maximum Gasteiger partial charge on any atom is -0.00171 e. The molecule has 0 unspecified atom stereocenters. The molecule has 1 aromatic rings. The maximum atomic E-state index is 3.16. The van der Waals surface area contributed by atoms with Crippen molar-refractivity contribution in [3.05, 3.63) is 41.0 Å². The summed E-state index contributed by atoms with van der Waals surface area (Å²) in [6.07, 6.45) is 3.40. The minimum Gasteiger partial charge on any atom is -0.319 e. The van der Waals surface area contributed by atoms with Crippen LogP contribution in [0.5, 0.6) is 0 Å². The van der Waals surface area contributed by atoms with Gasteiger partial charge in [0.25, 0.3) is 0 Å². The first-order valence-corrected chi connectivity index (χ1v) is 5.54. The molecule has 15 heavy (non-hydrogen) atoms. The van der Waals surface area contributed by atoms with Crippen molar-refractivity contribution in [2.75, 3.05) is 13.6 Å². The third kappa shape index (κ3) is 3.21. The van der Waals surface area contributed by atoms with Crippen LogP contribution in [0.25, 0.3) is 5.57 Å². The highest BCUT2D eigenvalue weighted by atomic mass is 14.8. The zero-order valence-corrected chi connectivity index (χ0v) is 10.2. The Kier molecular flexibility index (Phi) is 4.57. The third-order valence-electron chi connectivity index (χ3n) is 2.87. The molecule has 1 N–H and O–H groups in total. The maximum absolute atomic E-state index is 3.16. The Hall–Kier alpha value is -1.08. The highest BCUT2D eigenvalue weighted by Crippen LogP contribution is 2.21. The number of benzene rings is 1. The van der Waals surface area contributed by atoms with E-state index in [1.54, 1.807) is 0 Å². The second-order valence-corrected chi connectivity index (χ2v) is 4.03. The summed E-state index contributed by atoms with van der Waals surface area (Å²) in [5.74, 6) is 0. The van der Waals surface area contributed by atoms with Crippen LogP contribution in [-0.2, 0) is 0 Å². The van der Waals surface area contributed by atoms with Gasteiger partial charge in [0.05, 0.1) is 0 Å².